The van der Waals surface area contributed by atoms with E-state index in [1.807, 2.05) is 49.6 Å². The van der Waals surface area contributed by atoms with Crippen LogP contribution in [0.15, 0.2) is 67.3 Å². The van der Waals surface area contributed by atoms with E-state index in [1.165, 1.54) is 6.20 Å². The Hall–Kier alpha value is -4.04. The summed E-state index contributed by atoms with van der Waals surface area (Å²) in [5.74, 6) is -0.0328. The number of carbonyl (C=O) groups excluding carboxylic acids is 2. The molecule has 0 atom stereocenters. The highest BCUT2D eigenvalue weighted by Crippen LogP contribution is 2.29. The lowest BCUT2D eigenvalue weighted by atomic mass is 9.92. The number of aryl methyl sites for hydroxylation is 2. The number of hydrogen-bond acceptors (Lipinski definition) is 5. The number of pyridine rings is 2. The topological polar surface area (TPSA) is 93.0 Å². The van der Waals surface area contributed by atoms with Crippen molar-refractivity contribution >= 4 is 29.1 Å². The molecule has 0 spiro atoms. The van der Waals surface area contributed by atoms with Gasteiger partial charge in [-0.1, -0.05) is 23.7 Å². The summed E-state index contributed by atoms with van der Waals surface area (Å²) in [6.45, 7) is 3.20. The van der Waals surface area contributed by atoms with Gasteiger partial charge in [-0.3, -0.25) is 19.3 Å². The smallest absolute Gasteiger partial charge is 0.257 e. The largest absolute Gasteiger partial charge is 0.339 e. The molecule has 188 valence electrons. The number of rotatable bonds is 5. The quantitative estimate of drug-likeness (QED) is 0.373. The van der Waals surface area contributed by atoms with Crippen molar-refractivity contribution in [2.45, 2.75) is 25.7 Å². The normalized spacial score (nSPS) is 14.0. The van der Waals surface area contributed by atoms with Crippen LogP contribution in [0.4, 0.5) is 5.69 Å². The molecule has 0 unspecified atom stereocenters. The molecule has 1 saturated heterocycles. The summed E-state index contributed by atoms with van der Waals surface area (Å²) in [5.41, 5.74) is 5.54. The van der Waals surface area contributed by atoms with E-state index in [0.717, 1.165) is 35.2 Å². The van der Waals surface area contributed by atoms with Crippen LogP contribution < -0.4 is 5.32 Å². The van der Waals surface area contributed by atoms with Gasteiger partial charge in [0.15, 0.2) is 0 Å². The van der Waals surface area contributed by atoms with E-state index in [2.05, 4.69) is 27.5 Å². The van der Waals surface area contributed by atoms with Crippen molar-refractivity contribution in [3.8, 4) is 11.1 Å². The zero-order valence-corrected chi connectivity index (χ0v) is 21.4. The Kier molecular flexibility index (Phi) is 7.01. The van der Waals surface area contributed by atoms with Crippen molar-refractivity contribution < 1.29 is 9.59 Å². The zero-order valence-electron chi connectivity index (χ0n) is 20.7. The van der Waals surface area contributed by atoms with Gasteiger partial charge in [0.25, 0.3) is 11.8 Å². The summed E-state index contributed by atoms with van der Waals surface area (Å²) in [4.78, 5) is 36.4. The second-order valence-corrected chi connectivity index (χ2v) is 9.68. The molecule has 1 aromatic carbocycles. The minimum absolute atomic E-state index is 0.0398. The maximum Gasteiger partial charge on any atom is 0.257 e. The van der Waals surface area contributed by atoms with Crippen LogP contribution in [0.2, 0.25) is 5.15 Å². The molecule has 0 bridgehead atoms. The van der Waals surface area contributed by atoms with Gasteiger partial charge in [0.1, 0.15) is 5.15 Å². The predicted octanol–water partition coefficient (Wildman–Crippen LogP) is 5.11. The molecule has 8 nitrogen and oxygen atoms in total. The second-order valence-electron chi connectivity index (χ2n) is 9.29. The van der Waals surface area contributed by atoms with Gasteiger partial charge in [-0.05, 0) is 55.7 Å². The summed E-state index contributed by atoms with van der Waals surface area (Å²) in [5, 5.41) is 7.42. The van der Waals surface area contributed by atoms with E-state index in [1.54, 1.807) is 22.9 Å². The number of anilines is 1. The van der Waals surface area contributed by atoms with Crippen LogP contribution in [-0.4, -0.2) is 49.6 Å². The van der Waals surface area contributed by atoms with Crippen molar-refractivity contribution in [2.75, 3.05) is 18.4 Å². The van der Waals surface area contributed by atoms with E-state index in [4.69, 9.17) is 16.6 Å². The maximum atomic E-state index is 13.3. The lowest BCUT2D eigenvalue weighted by Crippen LogP contribution is -2.38. The van der Waals surface area contributed by atoms with Crippen LogP contribution in [0.1, 0.15) is 50.7 Å². The molecule has 0 saturated carbocycles. The number of halogens is 1. The van der Waals surface area contributed by atoms with E-state index < -0.39 is 0 Å². The number of nitrogens with zero attached hydrogens (tertiary/aromatic N) is 5. The van der Waals surface area contributed by atoms with Crippen molar-refractivity contribution in [3.05, 3.63) is 94.8 Å². The minimum atomic E-state index is -0.306. The summed E-state index contributed by atoms with van der Waals surface area (Å²) in [6.07, 6.45) is 8.82. The lowest BCUT2D eigenvalue weighted by molar-refractivity contribution is 0.0712. The summed E-state index contributed by atoms with van der Waals surface area (Å²) < 4.78 is 1.78. The van der Waals surface area contributed by atoms with Crippen molar-refractivity contribution in [1.29, 1.82) is 0 Å². The summed E-state index contributed by atoms with van der Waals surface area (Å²) in [7, 11) is 1.90. The Morgan fingerprint density at radius 2 is 1.73 bits per heavy atom. The van der Waals surface area contributed by atoms with E-state index in [-0.39, 0.29) is 11.8 Å². The van der Waals surface area contributed by atoms with Crippen LogP contribution in [0.5, 0.6) is 0 Å². The highest BCUT2D eigenvalue weighted by Gasteiger charge is 2.26. The number of carbonyl (C=O) groups is 2. The number of likely N-dealkylation sites (tertiary alicyclic amines) is 1. The van der Waals surface area contributed by atoms with Gasteiger partial charge in [0, 0.05) is 72.7 Å². The summed E-state index contributed by atoms with van der Waals surface area (Å²) in [6, 6.07) is 12.7. The van der Waals surface area contributed by atoms with Gasteiger partial charge in [0.05, 0.1) is 11.8 Å². The molecule has 4 aromatic rings. The fourth-order valence-corrected chi connectivity index (χ4v) is 4.65. The number of benzene rings is 1. The molecule has 4 heterocycles. The Morgan fingerprint density at radius 3 is 2.38 bits per heavy atom. The third-order valence-electron chi connectivity index (χ3n) is 6.75. The molecule has 1 N–H and O–H groups in total. The molecule has 1 aliphatic heterocycles. The van der Waals surface area contributed by atoms with Gasteiger partial charge in [0.2, 0.25) is 0 Å². The highest BCUT2D eigenvalue weighted by molar-refractivity contribution is 6.29. The summed E-state index contributed by atoms with van der Waals surface area (Å²) >= 11 is 5.81. The Labute approximate surface area is 220 Å². The second kappa shape index (κ2) is 10.5. The third kappa shape index (κ3) is 5.54. The van der Waals surface area contributed by atoms with E-state index in [0.29, 0.717) is 41.0 Å². The fraction of sp³-hybridized carbons (Fsp3) is 0.250. The van der Waals surface area contributed by atoms with Gasteiger partial charge < -0.3 is 10.2 Å². The first kappa shape index (κ1) is 24.6. The molecule has 9 heteroatoms. The monoisotopic (exact) mass is 514 g/mol. The van der Waals surface area contributed by atoms with Crippen LogP contribution >= 0.6 is 11.6 Å². The molecule has 37 heavy (non-hydrogen) atoms. The van der Waals surface area contributed by atoms with Crippen LogP contribution in [0.3, 0.4) is 0 Å². The minimum Gasteiger partial charge on any atom is -0.339 e. The fourth-order valence-electron chi connectivity index (χ4n) is 4.54. The van der Waals surface area contributed by atoms with Gasteiger partial charge in [-0.25, -0.2) is 4.98 Å². The van der Waals surface area contributed by atoms with Crippen molar-refractivity contribution in [2.24, 2.45) is 7.05 Å². The average Bonchev–Trinajstić information content (AvgIpc) is 3.36. The maximum absolute atomic E-state index is 13.3. The first-order chi connectivity index (χ1) is 17.9. The predicted molar refractivity (Wildman–Crippen MR) is 143 cm³/mol. The first-order valence-electron chi connectivity index (χ1n) is 12.1. The Balaban J connectivity index is 1.21. The molecular formula is C28H27ClN6O2. The number of aromatic nitrogens is 4. The van der Waals surface area contributed by atoms with Crippen LogP contribution in [0, 0.1) is 6.92 Å². The molecule has 1 aliphatic rings. The molecule has 3 aromatic heterocycles. The molecule has 0 aliphatic carbocycles. The van der Waals surface area contributed by atoms with E-state index >= 15 is 0 Å². The van der Waals surface area contributed by atoms with Crippen molar-refractivity contribution in [1.82, 2.24) is 24.6 Å². The molecular weight excluding hydrogens is 488 g/mol. The van der Waals surface area contributed by atoms with Crippen LogP contribution in [0.25, 0.3) is 11.1 Å². The number of hydrogen-bond donors (Lipinski definition) is 1. The third-order valence-corrected chi connectivity index (χ3v) is 6.97. The molecule has 1 fully saturated rings. The Morgan fingerprint density at radius 1 is 0.946 bits per heavy atom. The van der Waals surface area contributed by atoms with Gasteiger partial charge in [-0.15, -0.1) is 0 Å². The standard InChI is InChI=1S/C28H27ClN6O2/c1-18-3-4-20(13-25(18)33-27(36)22-6-8-26(29)31-15-22)28(37)35-11-9-19(10-12-35)24-7-5-21(14-30-24)23-16-32-34(2)17-23/h3-8,13-17,19H,9-12H2,1-2H3,(H,33,36). The van der Waals surface area contributed by atoms with Gasteiger partial charge >= 0.3 is 0 Å². The molecule has 2 amide bonds. The number of amides is 2. The van der Waals surface area contributed by atoms with Crippen LogP contribution in [-0.2, 0) is 7.05 Å². The SMILES string of the molecule is Cc1ccc(C(=O)N2CCC(c3ccc(-c4cnn(C)c4)cn3)CC2)cc1NC(=O)c1ccc(Cl)nc1. The van der Waals surface area contributed by atoms with Crippen molar-refractivity contribution in [3.63, 3.8) is 0 Å². The van der Waals surface area contributed by atoms with E-state index in [9.17, 15) is 9.59 Å². The lowest BCUT2D eigenvalue weighted by Gasteiger charge is -2.32. The molecule has 0 radical (unpaired) electrons. The zero-order chi connectivity index (χ0) is 25.9. The average molecular weight is 515 g/mol. The first-order valence-corrected chi connectivity index (χ1v) is 12.5. The molecule has 5 rings (SSSR count). The highest BCUT2D eigenvalue weighted by atomic mass is 35.5. The Bertz CT molecular complexity index is 1420. The number of nitrogens with one attached hydrogen (secondary N) is 1. The number of piperidine rings is 1. The van der Waals surface area contributed by atoms with Gasteiger partial charge in [-0.2, -0.15) is 5.10 Å².